The van der Waals surface area contributed by atoms with E-state index in [-0.39, 0.29) is 11.3 Å². The summed E-state index contributed by atoms with van der Waals surface area (Å²) in [6.45, 7) is 10.8. The number of carbonyl (C=O) groups is 1. The van der Waals surface area contributed by atoms with Crippen molar-refractivity contribution in [3.05, 3.63) is 64.7 Å². The van der Waals surface area contributed by atoms with Gasteiger partial charge in [0, 0.05) is 12.1 Å². The highest BCUT2D eigenvalue weighted by Gasteiger charge is 2.13. The van der Waals surface area contributed by atoms with Crippen molar-refractivity contribution in [1.82, 2.24) is 0 Å². The molecule has 1 N–H and O–H groups in total. The zero-order chi connectivity index (χ0) is 17.7. The minimum Gasteiger partial charge on any atom is -0.326 e. The van der Waals surface area contributed by atoms with Crippen LogP contribution in [0.2, 0.25) is 0 Å². The van der Waals surface area contributed by atoms with Gasteiger partial charge in [-0.2, -0.15) is 0 Å². The number of amides is 1. The summed E-state index contributed by atoms with van der Waals surface area (Å²) in [5, 5.41) is 3.10. The van der Waals surface area contributed by atoms with Gasteiger partial charge in [0.15, 0.2) is 0 Å². The fraction of sp³-hybridized carbons (Fsp3) is 0.409. The molecule has 1 amide bonds. The SMILES string of the molecule is CCc1cccc(C)c1NC(=O)CCc1ccc(C(C)(C)C)cc1. The molecule has 2 nitrogen and oxygen atoms in total. The summed E-state index contributed by atoms with van der Waals surface area (Å²) in [6, 6.07) is 14.8. The van der Waals surface area contributed by atoms with Gasteiger partial charge in [-0.25, -0.2) is 0 Å². The molecule has 0 radical (unpaired) electrons. The van der Waals surface area contributed by atoms with E-state index in [1.54, 1.807) is 0 Å². The molecule has 2 aromatic rings. The van der Waals surface area contributed by atoms with Crippen molar-refractivity contribution >= 4 is 11.6 Å². The summed E-state index contributed by atoms with van der Waals surface area (Å²) in [6.07, 6.45) is 2.20. The number of aryl methyl sites for hydroxylation is 3. The second kappa shape index (κ2) is 7.65. The fourth-order valence-electron chi connectivity index (χ4n) is 2.83. The quantitative estimate of drug-likeness (QED) is 0.781. The minimum atomic E-state index is 0.0823. The average molecular weight is 323 g/mol. The summed E-state index contributed by atoms with van der Waals surface area (Å²) in [5.41, 5.74) is 5.99. The number of rotatable bonds is 5. The third-order valence-corrected chi connectivity index (χ3v) is 4.47. The van der Waals surface area contributed by atoms with E-state index in [9.17, 15) is 4.79 Å². The molecule has 0 unspecified atom stereocenters. The lowest BCUT2D eigenvalue weighted by molar-refractivity contribution is -0.116. The Morgan fingerprint density at radius 2 is 1.71 bits per heavy atom. The van der Waals surface area contributed by atoms with E-state index in [1.165, 1.54) is 16.7 Å². The van der Waals surface area contributed by atoms with Crippen LogP contribution >= 0.6 is 0 Å². The maximum atomic E-state index is 12.3. The third-order valence-electron chi connectivity index (χ3n) is 4.47. The lowest BCUT2D eigenvalue weighted by Crippen LogP contribution is -2.15. The number of carbonyl (C=O) groups excluding carboxylic acids is 1. The van der Waals surface area contributed by atoms with Crippen molar-refractivity contribution in [2.75, 3.05) is 5.32 Å². The average Bonchev–Trinajstić information content (AvgIpc) is 2.54. The van der Waals surface area contributed by atoms with Crippen LogP contribution in [-0.2, 0) is 23.1 Å². The lowest BCUT2D eigenvalue weighted by atomic mass is 9.86. The van der Waals surface area contributed by atoms with Crippen LogP contribution in [0, 0.1) is 6.92 Å². The van der Waals surface area contributed by atoms with Crippen LogP contribution in [-0.4, -0.2) is 5.91 Å². The molecule has 0 spiro atoms. The number of para-hydroxylation sites is 1. The highest BCUT2D eigenvalue weighted by molar-refractivity contribution is 5.92. The van der Waals surface area contributed by atoms with Gasteiger partial charge in [0.1, 0.15) is 0 Å². The smallest absolute Gasteiger partial charge is 0.224 e. The molecule has 0 aliphatic rings. The van der Waals surface area contributed by atoms with Gasteiger partial charge in [-0.15, -0.1) is 0 Å². The van der Waals surface area contributed by atoms with Gasteiger partial charge >= 0.3 is 0 Å². The lowest BCUT2D eigenvalue weighted by Gasteiger charge is -2.19. The number of hydrogen-bond donors (Lipinski definition) is 1. The molecule has 0 aliphatic heterocycles. The molecule has 128 valence electrons. The predicted octanol–water partition coefficient (Wildman–Crippen LogP) is 5.43. The molecule has 0 saturated carbocycles. The van der Waals surface area contributed by atoms with Crippen molar-refractivity contribution < 1.29 is 4.79 Å². The Morgan fingerprint density at radius 3 is 2.29 bits per heavy atom. The molecule has 0 atom stereocenters. The van der Waals surface area contributed by atoms with Crippen LogP contribution in [0.15, 0.2) is 42.5 Å². The first-order valence-electron chi connectivity index (χ1n) is 8.79. The zero-order valence-corrected chi connectivity index (χ0v) is 15.6. The van der Waals surface area contributed by atoms with Crippen LogP contribution in [0.4, 0.5) is 5.69 Å². The van der Waals surface area contributed by atoms with Crippen molar-refractivity contribution in [3.63, 3.8) is 0 Å². The standard InChI is InChI=1S/C22H29NO/c1-6-18-9-7-8-16(2)21(18)23-20(24)15-12-17-10-13-19(14-11-17)22(3,4)5/h7-11,13-14H,6,12,15H2,1-5H3,(H,23,24). The molecule has 2 rings (SSSR count). The van der Waals surface area contributed by atoms with Gasteiger partial charge < -0.3 is 5.32 Å². The maximum absolute atomic E-state index is 12.3. The predicted molar refractivity (Wildman–Crippen MR) is 103 cm³/mol. The Morgan fingerprint density at radius 1 is 1.04 bits per heavy atom. The first-order valence-corrected chi connectivity index (χ1v) is 8.79. The molecule has 0 bridgehead atoms. The maximum Gasteiger partial charge on any atom is 0.224 e. The molecule has 0 aromatic heterocycles. The van der Waals surface area contributed by atoms with Gasteiger partial charge in [-0.3, -0.25) is 4.79 Å². The van der Waals surface area contributed by atoms with Gasteiger partial charge in [0.2, 0.25) is 5.91 Å². The second-order valence-electron chi connectivity index (χ2n) is 7.46. The monoisotopic (exact) mass is 323 g/mol. The number of anilines is 1. The third kappa shape index (κ3) is 4.70. The summed E-state index contributed by atoms with van der Waals surface area (Å²) in [5.74, 6) is 0.0823. The van der Waals surface area contributed by atoms with Crippen molar-refractivity contribution in [2.24, 2.45) is 0 Å². The van der Waals surface area contributed by atoms with Gasteiger partial charge in [0.25, 0.3) is 0 Å². The fourth-order valence-corrected chi connectivity index (χ4v) is 2.83. The van der Waals surface area contributed by atoms with Gasteiger partial charge in [-0.1, -0.05) is 70.2 Å². The molecule has 0 saturated heterocycles. The van der Waals surface area contributed by atoms with Crippen LogP contribution < -0.4 is 5.32 Å². The molecule has 0 aliphatic carbocycles. The molecule has 0 heterocycles. The Hall–Kier alpha value is -2.09. The molecular weight excluding hydrogens is 294 g/mol. The first kappa shape index (κ1) is 18.3. The summed E-state index contributed by atoms with van der Waals surface area (Å²) >= 11 is 0. The summed E-state index contributed by atoms with van der Waals surface area (Å²) < 4.78 is 0. The van der Waals surface area contributed by atoms with Gasteiger partial charge in [-0.05, 0) is 47.4 Å². The molecule has 0 fully saturated rings. The minimum absolute atomic E-state index is 0.0823. The molecule has 24 heavy (non-hydrogen) atoms. The van der Waals surface area contributed by atoms with E-state index < -0.39 is 0 Å². The Bertz CT molecular complexity index is 693. The van der Waals surface area contributed by atoms with Crippen LogP contribution in [0.1, 0.15) is 56.4 Å². The van der Waals surface area contributed by atoms with Crippen molar-refractivity contribution in [2.45, 2.75) is 59.3 Å². The zero-order valence-electron chi connectivity index (χ0n) is 15.6. The molecule has 2 heteroatoms. The Balaban J connectivity index is 1.97. The van der Waals surface area contributed by atoms with E-state index in [0.29, 0.717) is 6.42 Å². The van der Waals surface area contributed by atoms with E-state index in [4.69, 9.17) is 0 Å². The number of hydrogen-bond acceptors (Lipinski definition) is 1. The van der Waals surface area contributed by atoms with Crippen LogP contribution in [0.5, 0.6) is 0 Å². The highest BCUT2D eigenvalue weighted by Crippen LogP contribution is 2.23. The highest BCUT2D eigenvalue weighted by atomic mass is 16.1. The number of benzene rings is 2. The number of nitrogens with one attached hydrogen (secondary N) is 1. The van der Waals surface area contributed by atoms with Crippen LogP contribution in [0.3, 0.4) is 0 Å². The summed E-state index contributed by atoms with van der Waals surface area (Å²) in [4.78, 5) is 12.3. The second-order valence-corrected chi connectivity index (χ2v) is 7.46. The van der Waals surface area contributed by atoms with E-state index >= 15 is 0 Å². The van der Waals surface area contributed by atoms with Crippen LogP contribution in [0.25, 0.3) is 0 Å². The van der Waals surface area contributed by atoms with E-state index in [0.717, 1.165) is 24.1 Å². The van der Waals surface area contributed by atoms with E-state index in [1.807, 2.05) is 19.1 Å². The molecular formula is C22H29NO. The van der Waals surface area contributed by atoms with Gasteiger partial charge in [0.05, 0.1) is 0 Å². The van der Waals surface area contributed by atoms with Crippen molar-refractivity contribution in [3.8, 4) is 0 Å². The normalized spacial score (nSPS) is 11.4. The van der Waals surface area contributed by atoms with E-state index in [2.05, 4.69) is 63.3 Å². The Kier molecular flexibility index (Phi) is 5.82. The first-order chi connectivity index (χ1) is 11.3. The summed E-state index contributed by atoms with van der Waals surface area (Å²) in [7, 11) is 0. The Labute approximate surface area is 146 Å². The van der Waals surface area contributed by atoms with Crippen molar-refractivity contribution in [1.29, 1.82) is 0 Å². The topological polar surface area (TPSA) is 29.1 Å². The molecule has 2 aromatic carbocycles. The largest absolute Gasteiger partial charge is 0.326 e.